The van der Waals surface area contributed by atoms with Gasteiger partial charge in [0, 0.05) is 12.4 Å². The Balaban J connectivity index is 3.34. The first-order valence-corrected chi connectivity index (χ1v) is 2.86. The van der Waals surface area contributed by atoms with Crippen molar-refractivity contribution in [1.82, 2.24) is 4.73 Å². The molecule has 1 aromatic heterocycles. The van der Waals surface area contributed by atoms with E-state index >= 15 is 0 Å². The Kier molecular flexibility index (Phi) is 1.62. The number of nitrogens with zero attached hydrogens (tertiary/aromatic N) is 2. The van der Waals surface area contributed by atoms with Crippen LogP contribution in [-0.2, 0) is 0 Å². The van der Waals surface area contributed by atoms with E-state index in [1.54, 1.807) is 6.07 Å². The third-order valence-electron chi connectivity index (χ3n) is 1.25. The number of rotatable bonds is 0. The molecule has 4 heteroatoms. The molecule has 0 unspecified atom stereocenters. The molecule has 0 bridgehead atoms. The Labute approximate surface area is 58.2 Å². The summed E-state index contributed by atoms with van der Waals surface area (Å²) in [6.07, 6.45) is 3.00. The fourth-order valence-corrected chi connectivity index (χ4v) is 0.731. The van der Waals surface area contributed by atoms with E-state index < -0.39 is 0 Å². The molecule has 0 atom stereocenters. The van der Waals surface area contributed by atoms with Crippen LogP contribution in [0.3, 0.4) is 0 Å². The van der Waals surface area contributed by atoms with Gasteiger partial charge in [-0.15, -0.1) is 0 Å². The summed E-state index contributed by atoms with van der Waals surface area (Å²) in [5.74, 6) is 5.03. The van der Waals surface area contributed by atoms with Crippen LogP contribution in [0.25, 0.3) is 0 Å². The lowest BCUT2D eigenvalue weighted by Crippen LogP contribution is -2.11. The topological polar surface area (TPSA) is 63.5 Å². The average molecular weight is 139 g/mol. The summed E-state index contributed by atoms with van der Waals surface area (Å²) in [6, 6.07) is 1.63. The molecule has 1 heterocycles. The Morgan fingerprint density at radius 2 is 2.40 bits per heavy atom. The van der Waals surface area contributed by atoms with Crippen molar-refractivity contribution in [3.63, 3.8) is 0 Å². The van der Waals surface area contributed by atoms with Gasteiger partial charge in [-0.1, -0.05) is 0 Å². The molecule has 1 rings (SSSR count). The lowest BCUT2D eigenvalue weighted by atomic mass is 10.3. The molecule has 0 spiro atoms. The van der Waals surface area contributed by atoms with Crippen molar-refractivity contribution < 1.29 is 5.21 Å². The molecule has 0 radical (unpaired) electrons. The van der Waals surface area contributed by atoms with E-state index in [1.807, 2.05) is 6.92 Å². The number of hydrogen-bond acceptors (Lipinski definition) is 3. The zero-order valence-corrected chi connectivity index (χ0v) is 5.65. The predicted molar refractivity (Wildman–Crippen MR) is 36.1 cm³/mol. The molecule has 1 aromatic rings. The molecule has 0 aliphatic carbocycles. The van der Waals surface area contributed by atoms with E-state index in [0.29, 0.717) is 5.36 Å². The summed E-state index contributed by atoms with van der Waals surface area (Å²) in [5, 5.41) is 13.0. The lowest BCUT2D eigenvalue weighted by molar-refractivity contribution is 0.183. The molecule has 0 amide bonds. The Hall–Kier alpha value is -1.45. The fourth-order valence-electron chi connectivity index (χ4n) is 0.731. The van der Waals surface area contributed by atoms with Gasteiger partial charge < -0.3 is 11.0 Å². The summed E-state index contributed by atoms with van der Waals surface area (Å²) in [4.78, 5) is 0. The van der Waals surface area contributed by atoms with E-state index in [1.165, 1.54) is 12.4 Å². The third-order valence-corrected chi connectivity index (χ3v) is 1.25. The minimum Gasteiger partial charge on any atom is -0.429 e. The van der Waals surface area contributed by atoms with E-state index in [2.05, 4.69) is 5.10 Å². The summed E-state index contributed by atoms with van der Waals surface area (Å²) in [6.45, 7) is 1.82. The Bertz CT molecular complexity index is 289. The zero-order valence-electron chi connectivity index (χ0n) is 5.65. The highest BCUT2D eigenvalue weighted by atomic mass is 16.5. The summed E-state index contributed by atoms with van der Waals surface area (Å²) in [7, 11) is 0. The average Bonchev–Trinajstić information content (AvgIpc) is 1.88. The number of nitrogens with two attached hydrogens (primary N) is 1. The molecular weight excluding hydrogens is 130 g/mol. The number of aromatic nitrogens is 1. The van der Waals surface area contributed by atoms with Crippen molar-refractivity contribution in [1.29, 1.82) is 0 Å². The van der Waals surface area contributed by atoms with Crippen LogP contribution in [0.15, 0.2) is 23.6 Å². The molecule has 10 heavy (non-hydrogen) atoms. The normalized spacial score (nSPS) is 11.9. The standard InChI is InChI=1S/C6H9N3O/c1-5-4-9(10)3-2-6(5)8-7/h2-4,10H,7H2,1H3. The third kappa shape index (κ3) is 1.10. The number of pyridine rings is 1. The Morgan fingerprint density at radius 3 is 2.90 bits per heavy atom. The first-order chi connectivity index (χ1) is 4.74. The molecule has 0 aromatic carbocycles. The van der Waals surface area contributed by atoms with E-state index in [9.17, 15) is 0 Å². The van der Waals surface area contributed by atoms with Gasteiger partial charge in [0.05, 0.1) is 5.36 Å². The highest BCUT2D eigenvalue weighted by Gasteiger charge is 1.88. The van der Waals surface area contributed by atoms with Gasteiger partial charge in [0.2, 0.25) is 0 Å². The first-order valence-electron chi connectivity index (χ1n) is 2.86. The van der Waals surface area contributed by atoms with Gasteiger partial charge in [-0.25, -0.2) is 4.73 Å². The minimum absolute atomic E-state index is 0.685. The van der Waals surface area contributed by atoms with E-state index in [0.717, 1.165) is 10.3 Å². The summed E-state index contributed by atoms with van der Waals surface area (Å²) in [5.41, 5.74) is 0.840. The second-order valence-corrected chi connectivity index (χ2v) is 2.02. The summed E-state index contributed by atoms with van der Waals surface area (Å²) >= 11 is 0. The largest absolute Gasteiger partial charge is 0.429 e. The van der Waals surface area contributed by atoms with Gasteiger partial charge in [-0.2, -0.15) is 5.10 Å². The molecule has 54 valence electrons. The summed E-state index contributed by atoms with van der Waals surface area (Å²) < 4.78 is 0.962. The van der Waals surface area contributed by atoms with Crippen LogP contribution < -0.4 is 11.2 Å². The van der Waals surface area contributed by atoms with Gasteiger partial charge in [-0.3, -0.25) is 0 Å². The van der Waals surface area contributed by atoms with E-state index in [-0.39, 0.29) is 0 Å². The quantitative estimate of drug-likeness (QED) is 0.297. The zero-order chi connectivity index (χ0) is 7.56. The van der Waals surface area contributed by atoms with Crippen molar-refractivity contribution in [2.45, 2.75) is 6.92 Å². The van der Waals surface area contributed by atoms with Crippen LogP contribution in [0, 0.1) is 6.92 Å². The minimum atomic E-state index is 0.685. The van der Waals surface area contributed by atoms with Gasteiger partial charge in [0.25, 0.3) is 0 Å². The van der Waals surface area contributed by atoms with Crippen molar-refractivity contribution in [3.8, 4) is 0 Å². The van der Waals surface area contributed by atoms with Crippen LogP contribution in [0.4, 0.5) is 0 Å². The van der Waals surface area contributed by atoms with Crippen LogP contribution in [0.2, 0.25) is 0 Å². The second kappa shape index (κ2) is 2.43. The van der Waals surface area contributed by atoms with Gasteiger partial charge in [0.1, 0.15) is 0 Å². The number of hydrogen-bond donors (Lipinski definition) is 2. The van der Waals surface area contributed by atoms with Crippen molar-refractivity contribution >= 4 is 0 Å². The van der Waals surface area contributed by atoms with Gasteiger partial charge in [0.15, 0.2) is 0 Å². The number of aryl methyl sites for hydroxylation is 1. The second-order valence-electron chi connectivity index (χ2n) is 2.02. The Morgan fingerprint density at radius 1 is 1.70 bits per heavy atom. The van der Waals surface area contributed by atoms with Gasteiger partial charge in [-0.05, 0) is 18.6 Å². The van der Waals surface area contributed by atoms with E-state index in [4.69, 9.17) is 11.0 Å². The molecular formula is C6H9N3O. The predicted octanol–water partition coefficient (Wildman–Crippen LogP) is -0.192. The molecule has 4 nitrogen and oxygen atoms in total. The smallest absolute Gasteiger partial charge is 0.0887 e. The van der Waals surface area contributed by atoms with Gasteiger partial charge >= 0.3 is 0 Å². The van der Waals surface area contributed by atoms with Crippen LogP contribution in [0.5, 0.6) is 0 Å². The van der Waals surface area contributed by atoms with Crippen molar-refractivity contribution in [2.24, 2.45) is 10.9 Å². The molecule has 3 N–H and O–H groups in total. The lowest BCUT2D eigenvalue weighted by Gasteiger charge is -1.96. The van der Waals surface area contributed by atoms with Crippen molar-refractivity contribution in [2.75, 3.05) is 0 Å². The fraction of sp³-hybridized carbons (Fsp3) is 0.167. The van der Waals surface area contributed by atoms with Crippen molar-refractivity contribution in [3.05, 3.63) is 29.4 Å². The van der Waals surface area contributed by atoms with Crippen LogP contribution in [-0.4, -0.2) is 9.94 Å². The monoisotopic (exact) mass is 139 g/mol. The molecule has 0 fully saturated rings. The molecule has 0 aliphatic heterocycles. The van der Waals surface area contributed by atoms with Crippen LogP contribution >= 0.6 is 0 Å². The maximum absolute atomic E-state index is 8.87. The van der Waals surface area contributed by atoms with Crippen LogP contribution in [0.1, 0.15) is 5.56 Å². The highest BCUT2D eigenvalue weighted by Crippen LogP contribution is 1.84. The SMILES string of the molecule is Cc1cn(O)ccc1=NN. The first kappa shape index (κ1) is 6.67. The maximum Gasteiger partial charge on any atom is 0.0887 e. The highest BCUT2D eigenvalue weighted by molar-refractivity contribution is 5.05. The maximum atomic E-state index is 8.87. The molecule has 0 aliphatic rings. The molecule has 0 saturated carbocycles. The molecule has 0 saturated heterocycles.